The van der Waals surface area contributed by atoms with Crippen LogP contribution in [-0.2, 0) is 16.1 Å². The fourth-order valence-corrected chi connectivity index (χ4v) is 2.71. The zero-order valence-electron chi connectivity index (χ0n) is 12.8. The van der Waals surface area contributed by atoms with E-state index >= 15 is 0 Å². The van der Waals surface area contributed by atoms with Crippen molar-refractivity contribution in [1.82, 2.24) is 10.2 Å². The van der Waals surface area contributed by atoms with Crippen LogP contribution in [-0.4, -0.2) is 63.5 Å². The second kappa shape index (κ2) is 7.47. The van der Waals surface area contributed by atoms with E-state index in [0.717, 1.165) is 58.0 Å². The number of benzene rings is 1. The van der Waals surface area contributed by atoms with E-state index < -0.39 is 0 Å². The predicted molar refractivity (Wildman–Crippen MR) is 84.1 cm³/mol. The largest absolute Gasteiger partial charge is 0.445 e. The Morgan fingerprint density at radius 2 is 1.77 bits per heavy atom. The summed E-state index contributed by atoms with van der Waals surface area (Å²) in [7, 11) is 0. The highest BCUT2D eigenvalue weighted by molar-refractivity contribution is 5.67. The van der Waals surface area contributed by atoms with E-state index in [1.54, 1.807) is 4.90 Å². The van der Waals surface area contributed by atoms with Gasteiger partial charge < -0.3 is 24.6 Å². The van der Waals surface area contributed by atoms with Gasteiger partial charge in [0.15, 0.2) is 0 Å². The summed E-state index contributed by atoms with van der Waals surface area (Å²) >= 11 is 0. The molecule has 6 nitrogen and oxygen atoms in total. The second-order valence-electron chi connectivity index (χ2n) is 5.56. The van der Waals surface area contributed by atoms with Crippen LogP contribution >= 0.6 is 0 Å². The molecular weight excluding hydrogens is 282 g/mol. The molecule has 2 aliphatic rings. The van der Waals surface area contributed by atoms with Crippen LogP contribution in [0.5, 0.6) is 0 Å². The summed E-state index contributed by atoms with van der Waals surface area (Å²) in [5.41, 5.74) is 2.21. The Bertz CT molecular complexity index is 480. The Hall–Kier alpha value is -1.79. The minimum Gasteiger partial charge on any atom is -0.445 e. The van der Waals surface area contributed by atoms with Gasteiger partial charge in [-0.3, -0.25) is 0 Å². The lowest BCUT2D eigenvalue weighted by atomic mass is 10.2. The number of amides is 1. The summed E-state index contributed by atoms with van der Waals surface area (Å²) in [5.74, 6) is 0. The number of ether oxygens (including phenoxy) is 2. The average molecular weight is 305 g/mol. The Kier molecular flexibility index (Phi) is 5.13. The maximum absolute atomic E-state index is 11.9. The fraction of sp³-hybridized carbons (Fsp3) is 0.562. The second-order valence-corrected chi connectivity index (χ2v) is 5.56. The standard InChI is InChI=1S/C16H23N3O3/c20-16(19-7-5-17-6-8-19)22-13-14-1-3-15(4-2-14)18-9-11-21-12-10-18/h1-4,17H,5-13H2. The van der Waals surface area contributed by atoms with E-state index in [-0.39, 0.29) is 6.09 Å². The van der Waals surface area contributed by atoms with Gasteiger partial charge in [0, 0.05) is 45.0 Å². The van der Waals surface area contributed by atoms with Crippen molar-refractivity contribution >= 4 is 11.8 Å². The highest BCUT2D eigenvalue weighted by Gasteiger charge is 2.17. The number of hydrogen-bond acceptors (Lipinski definition) is 5. The lowest BCUT2D eigenvalue weighted by molar-refractivity contribution is 0.0918. The lowest BCUT2D eigenvalue weighted by Gasteiger charge is -2.29. The molecule has 0 aromatic heterocycles. The average Bonchev–Trinajstić information content (AvgIpc) is 2.61. The molecular formula is C16H23N3O3. The quantitative estimate of drug-likeness (QED) is 0.905. The van der Waals surface area contributed by atoms with Crippen molar-refractivity contribution in [3.8, 4) is 0 Å². The molecule has 1 N–H and O–H groups in total. The van der Waals surface area contributed by atoms with Crippen LogP contribution in [0.4, 0.5) is 10.5 Å². The first-order chi connectivity index (χ1) is 10.8. The Balaban J connectivity index is 1.49. The molecule has 0 radical (unpaired) electrons. The highest BCUT2D eigenvalue weighted by Crippen LogP contribution is 2.17. The van der Waals surface area contributed by atoms with Gasteiger partial charge in [-0.05, 0) is 17.7 Å². The first-order valence-corrected chi connectivity index (χ1v) is 7.87. The molecule has 2 heterocycles. The number of anilines is 1. The minimum atomic E-state index is -0.223. The number of nitrogens with one attached hydrogen (secondary N) is 1. The topological polar surface area (TPSA) is 54.0 Å². The third-order valence-corrected chi connectivity index (χ3v) is 4.05. The van der Waals surface area contributed by atoms with Crippen LogP contribution in [0.2, 0.25) is 0 Å². The van der Waals surface area contributed by atoms with E-state index in [1.165, 1.54) is 5.69 Å². The molecule has 0 aliphatic carbocycles. The molecule has 0 spiro atoms. The zero-order valence-corrected chi connectivity index (χ0v) is 12.8. The first kappa shape index (κ1) is 15.1. The van der Waals surface area contributed by atoms with Gasteiger partial charge in [0.2, 0.25) is 0 Å². The van der Waals surface area contributed by atoms with Crippen LogP contribution in [0.15, 0.2) is 24.3 Å². The molecule has 6 heteroatoms. The smallest absolute Gasteiger partial charge is 0.410 e. The van der Waals surface area contributed by atoms with E-state index in [1.807, 2.05) is 12.1 Å². The molecule has 2 aliphatic heterocycles. The van der Waals surface area contributed by atoms with Crippen molar-refractivity contribution < 1.29 is 14.3 Å². The first-order valence-electron chi connectivity index (χ1n) is 7.87. The third kappa shape index (κ3) is 3.90. The van der Waals surface area contributed by atoms with Crippen molar-refractivity contribution in [2.75, 3.05) is 57.4 Å². The molecule has 0 atom stereocenters. The number of hydrogen-bond donors (Lipinski definition) is 1. The van der Waals surface area contributed by atoms with Crippen LogP contribution in [0.3, 0.4) is 0 Å². The van der Waals surface area contributed by atoms with Gasteiger partial charge in [-0.25, -0.2) is 4.79 Å². The van der Waals surface area contributed by atoms with Crippen molar-refractivity contribution in [2.24, 2.45) is 0 Å². The van der Waals surface area contributed by atoms with Crippen molar-refractivity contribution in [1.29, 1.82) is 0 Å². The molecule has 1 amide bonds. The molecule has 1 aromatic rings. The van der Waals surface area contributed by atoms with Gasteiger partial charge in [0.05, 0.1) is 13.2 Å². The summed E-state index contributed by atoms with van der Waals surface area (Å²) in [5, 5.41) is 3.22. The van der Waals surface area contributed by atoms with Gasteiger partial charge in [0.25, 0.3) is 0 Å². The van der Waals surface area contributed by atoms with Crippen LogP contribution in [0, 0.1) is 0 Å². The summed E-state index contributed by atoms with van der Waals surface area (Å²) in [4.78, 5) is 16.0. The number of rotatable bonds is 3. The predicted octanol–water partition coefficient (Wildman–Crippen LogP) is 1.06. The van der Waals surface area contributed by atoms with Crippen molar-refractivity contribution in [2.45, 2.75) is 6.61 Å². The molecule has 1 aromatic carbocycles. The Morgan fingerprint density at radius 3 is 2.45 bits per heavy atom. The van der Waals surface area contributed by atoms with Gasteiger partial charge >= 0.3 is 6.09 Å². The highest BCUT2D eigenvalue weighted by atomic mass is 16.6. The number of nitrogens with zero attached hydrogens (tertiary/aromatic N) is 2. The van der Waals surface area contributed by atoms with E-state index in [0.29, 0.717) is 6.61 Å². The molecule has 3 rings (SSSR count). The zero-order chi connectivity index (χ0) is 15.2. The van der Waals surface area contributed by atoms with Crippen LogP contribution in [0.25, 0.3) is 0 Å². The maximum Gasteiger partial charge on any atom is 0.410 e. The van der Waals surface area contributed by atoms with E-state index in [9.17, 15) is 4.79 Å². The van der Waals surface area contributed by atoms with Gasteiger partial charge in [-0.15, -0.1) is 0 Å². The van der Waals surface area contributed by atoms with Gasteiger partial charge in [-0.1, -0.05) is 12.1 Å². The molecule has 120 valence electrons. The van der Waals surface area contributed by atoms with E-state index in [4.69, 9.17) is 9.47 Å². The molecule has 0 saturated carbocycles. The minimum absolute atomic E-state index is 0.223. The summed E-state index contributed by atoms with van der Waals surface area (Å²) in [6.45, 7) is 6.85. The number of morpholine rings is 1. The van der Waals surface area contributed by atoms with Gasteiger partial charge in [0.1, 0.15) is 6.61 Å². The van der Waals surface area contributed by atoms with Crippen molar-refractivity contribution in [3.05, 3.63) is 29.8 Å². The lowest BCUT2D eigenvalue weighted by Crippen LogP contribution is -2.46. The number of carbonyl (C=O) groups excluding carboxylic acids is 1. The summed E-state index contributed by atoms with van der Waals surface area (Å²) in [6, 6.07) is 8.21. The summed E-state index contributed by atoms with van der Waals surface area (Å²) < 4.78 is 10.7. The molecule has 0 unspecified atom stereocenters. The summed E-state index contributed by atoms with van der Waals surface area (Å²) in [6.07, 6.45) is -0.223. The van der Waals surface area contributed by atoms with E-state index in [2.05, 4.69) is 22.3 Å². The molecule has 0 bridgehead atoms. The number of carbonyl (C=O) groups is 1. The SMILES string of the molecule is O=C(OCc1ccc(N2CCOCC2)cc1)N1CCNCC1. The molecule has 22 heavy (non-hydrogen) atoms. The monoisotopic (exact) mass is 305 g/mol. The number of piperazine rings is 1. The van der Waals surface area contributed by atoms with Crippen molar-refractivity contribution in [3.63, 3.8) is 0 Å². The fourth-order valence-electron chi connectivity index (χ4n) is 2.71. The van der Waals surface area contributed by atoms with Gasteiger partial charge in [-0.2, -0.15) is 0 Å². The van der Waals surface area contributed by atoms with Crippen LogP contribution < -0.4 is 10.2 Å². The van der Waals surface area contributed by atoms with Crippen LogP contribution in [0.1, 0.15) is 5.56 Å². The Morgan fingerprint density at radius 1 is 1.09 bits per heavy atom. The molecule has 2 saturated heterocycles. The maximum atomic E-state index is 11.9. The molecule has 2 fully saturated rings. The third-order valence-electron chi connectivity index (χ3n) is 4.05. The normalized spacial score (nSPS) is 19.1. The Labute approximate surface area is 131 Å².